The van der Waals surface area contributed by atoms with Gasteiger partial charge in [0.25, 0.3) is 0 Å². The number of amides is 2. The Labute approximate surface area is 393 Å². The van der Waals surface area contributed by atoms with Gasteiger partial charge in [0, 0.05) is 67.4 Å². The zero-order valence-electron chi connectivity index (χ0n) is 34.8. The van der Waals surface area contributed by atoms with E-state index in [-0.39, 0.29) is 74.8 Å². The Morgan fingerprint density at radius 1 is 0.621 bits per heavy atom. The Bertz CT molecular complexity index is 1450. The Balaban J connectivity index is -0.000000907. The van der Waals surface area contributed by atoms with Crippen molar-refractivity contribution in [1.29, 1.82) is 0 Å². The summed E-state index contributed by atoms with van der Waals surface area (Å²) in [5, 5.41) is 4.51. The van der Waals surface area contributed by atoms with Crippen molar-refractivity contribution >= 4 is 93.9 Å². The van der Waals surface area contributed by atoms with E-state index in [9.17, 15) is 52.3 Å². The van der Waals surface area contributed by atoms with E-state index < -0.39 is 114 Å². The van der Waals surface area contributed by atoms with Crippen molar-refractivity contribution in [3.05, 3.63) is 0 Å². The molecule has 2 fully saturated rings. The predicted octanol–water partition coefficient (Wildman–Crippen LogP) is -2.53. The second kappa shape index (κ2) is 31.3. The predicted molar refractivity (Wildman–Crippen MR) is 197 cm³/mol. The van der Waals surface area contributed by atoms with Gasteiger partial charge in [0.1, 0.15) is 42.9 Å². The Morgan fingerprint density at radius 2 is 0.931 bits per heavy atom. The molecule has 20 nitrogen and oxygen atoms in total. The standard InChI is InChI=1S/C16H23NO9S.C14H20ClNO8.C2H4OS.CH3F.K/c1-7(18)17-13-15(25-10(4)21)14(24-9(3)20)12(6-23-8(2)19)26-16(13)27-11(5)22;1-6(17)16-11-13(23-9(4)20)12(22-8(3)19)10(24-14(11)15)5-21-7(2)18;1-2(3)4;1-2;/h12-16H,6H2,1-5H3,(H,17,18);10-14H,5H2,1-4H3,(H,16,17);1H3,(H,3,4);1H3;/q;;;;+1/p-1/i;;;1D;. The average Bonchev–Trinajstić information content (AvgIpc) is 3.04. The van der Waals surface area contributed by atoms with E-state index >= 15 is 0 Å². The molecule has 2 N–H and O–H groups in total. The first-order valence-electron chi connectivity index (χ1n) is 17.1. The molecule has 0 aromatic heterocycles. The summed E-state index contributed by atoms with van der Waals surface area (Å²) < 4.78 is 57.4. The first-order valence-corrected chi connectivity index (χ1v) is 18.1. The quantitative estimate of drug-likeness (QED) is 0.0711. The van der Waals surface area contributed by atoms with Crippen LogP contribution in [0.3, 0.4) is 0 Å². The third kappa shape index (κ3) is 25.8. The number of nitrogens with one attached hydrogen (secondary N) is 2. The van der Waals surface area contributed by atoms with Crippen molar-refractivity contribution in [2.24, 2.45) is 0 Å². The minimum Gasteiger partial charge on any atom is -0.742 e. The summed E-state index contributed by atoms with van der Waals surface area (Å²) in [4.78, 5) is 112. The molecule has 2 rings (SSSR count). The monoisotopic (exact) mass is 919 g/mol. The molecule has 58 heavy (non-hydrogen) atoms. The summed E-state index contributed by atoms with van der Waals surface area (Å²) in [6.45, 7) is 11.6. The molecule has 0 saturated carbocycles. The third-order valence-corrected chi connectivity index (χ3v) is 7.75. The number of halogens is 2. The minimum absolute atomic E-state index is 0. The van der Waals surface area contributed by atoms with Gasteiger partial charge in [-0.1, -0.05) is 23.4 Å². The van der Waals surface area contributed by atoms with E-state index in [1.54, 1.807) is 0 Å². The van der Waals surface area contributed by atoms with Crippen LogP contribution in [0.2, 0.25) is 0 Å². The number of thioether (sulfide) groups is 1. The molecule has 10 atom stereocenters. The van der Waals surface area contributed by atoms with E-state index in [0.29, 0.717) is 0 Å². The maximum atomic E-state index is 11.6. The summed E-state index contributed by atoms with van der Waals surface area (Å²) in [6.07, 6.45) is -6.50. The fraction of sp³-hybridized carbons (Fsp3) is 0.697. The molecule has 2 aliphatic heterocycles. The largest absolute Gasteiger partial charge is 1.00 e. The molecule has 2 aliphatic rings. The van der Waals surface area contributed by atoms with Gasteiger partial charge in [-0.2, -0.15) is 0 Å². The van der Waals surface area contributed by atoms with Crippen LogP contribution in [0.1, 0.15) is 70.6 Å². The van der Waals surface area contributed by atoms with Crippen LogP contribution in [0.25, 0.3) is 0 Å². The van der Waals surface area contributed by atoms with Crippen molar-refractivity contribution in [2.75, 3.05) is 20.4 Å². The van der Waals surface area contributed by atoms with Gasteiger partial charge in [0.05, 0.1) is 8.52 Å². The van der Waals surface area contributed by atoms with Crippen LogP contribution in [0.15, 0.2) is 0 Å². The number of hydrogen-bond donors (Lipinski definition) is 2. The van der Waals surface area contributed by atoms with Crippen LogP contribution in [0, 0.1) is 0 Å². The first kappa shape index (κ1) is 57.5. The molecule has 2 heterocycles. The fourth-order valence-corrected chi connectivity index (χ4v) is 6.06. The Hall–Kier alpha value is -2.55. The summed E-state index contributed by atoms with van der Waals surface area (Å²) in [7, 11) is -1.00. The van der Waals surface area contributed by atoms with Crippen molar-refractivity contribution in [3.63, 3.8) is 0 Å². The van der Waals surface area contributed by atoms with Crippen molar-refractivity contribution in [2.45, 2.75) is 129 Å². The normalized spacial score (nSPS) is 25.6. The van der Waals surface area contributed by atoms with E-state index in [2.05, 4.69) is 23.3 Å². The SMILES string of the molecule is CC(=O)NC1C(Cl)OC(COC(C)=O)C(OC(C)=O)C1OC(C)=O.CC(=O)NC1C(SC(C)=O)OC(COC(C)=O)C(OC(C)=O)C1OC(C)=O.CC(=O)[S-].[2H]CF.[K+]. The van der Waals surface area contributed by atoms with Gasteiger partial charge in [-0.15, -0.1) is 0 Å². The number of rotatable bonds is 11. The van der Waals surface area contributed by atoms with E-state index in [4.69, 9.17) is 50.9 Å². The smallest absolute Gasteiger partial charge is 0.742 e. The van der Waals surface area contributed by atoms with Crippen LogP contribution in [-0.2, 0) is 98.5 Å². The van der Waals surface area contributed by atoms with Gasteiger partial charge in [0.2, 0.25) is 11.8 Å². The maximum absolute atomic E-state index is 11.6. The van der Waals surface area contributed by atoms with Crippen LogP contribution < -0.4 is 62.0 Å². The zero-order chi connectivity index (χ0) is 45.4. The number of alkyl halides is 2. The summed E-state index contributed by atoms with van der Waals surface area (Å²) >= 11 is 10.9. The van der Waals surface area contributed by atoms with Gasteiger partial charge >= 0.3 is 87.2 Å². The number of ether oxygens (including phenoxy) is 8. The maximum Gasteiger partial charge on any atom is 1.00 e. The molecular formula is C33H49ClFKN2O18S2. The molecule has 0 spiro atoms. The zero-order valence-corrected chi connectivity index (χ0v) is 39.3. The van der Waals surface area contributed by atoms with Crippen molar-refractivity contribution in [3.8, 4) is 0 Å². The molecule has 25 heteroatoms. The number of esters is 6. The molecule has 10 unspecified atom stereocenters. The third-order valence-electron chi connectivity index (χ3n) is 6.41. The average molecular weight is 920 g/mol. The number of carbonyl (C=O) groups is 10. The van der Waals surface area contributed by atoms with E-state index in [0.717, 1.165) is 39.5 Å². The molecule has 2 amide bonds. The molecule has 0 aromatic rings. The second-order valence-electron chi connectivity index (χ2n) is 11.5. The van der Waals surface area contributed by atoms with Gasteiger partial charge in [-0.25, -0.2) is 0 Å². The Kier molecular flexibility index (Phi) is 31.1. The van der Waals surface area contributed by atoms with E-state index in [1.807, 2.05) is 0 Å². The molecule has 0 aliphatic carbocycles. The van der Waals surface area contributed by atoms with Crippen molar-refractivity contribution in [1.82, 2.24) is 10.6 Å². The number of hydrogen-bond acceptors (Lipinski definition) is 20. The van der Waals surface area contributed by atoms with Crippen LogP contribution in [0.5, 0.6) is 0 Å². The van der Waals surface area contributed by atoms with Gasteiger partial charge in [-0.05, 0) is 6.92 Å². The van der Waals surface area contributed by atoms with Gasteiger partial charge in [-0.3, -0.25) is 47.5 Å². The minimum atomic E-state index is -1.16. The summed E-state index contributed by atoms with van der Waals surface area (Å²) in [5.74, 6) is -4.77. The van der Waals surface area contributed by atoms with Gasteiger partial charge < -0.3 is 66.0 Å². The molecule has 2 saturated heterocycles. The molecule has 0 radical (unpaired) electrons. The van der Waals surface area contributed by atoms with Gasteiger partial charge in [0.15, 0.2) is 35.1 Å². The van der Waals surface area contributed by atoms with Crippen LogP contribution in [-0.4, -0.2) is 138 Å². The molecule has 0 aromatic carbocycles. The number of carbonyl (C=O) groups excluding carboxylic acids is 10. The van der Waals surface area contributed by atoms with Crippen LogP contribution in [0.4, 0.5) is 4.39 Å². The van der Waals surface area contributed by atoms with Crippen molar-refractivity contribution < 1.29 is 143 Å². The summed E-state index contributed by atoms with van der Waals surface area (Å²) in [5.41, 5.74) is -2.05. The Morgan fingerprint density at radius 3 is 1.24 bits per heavy atom. The second-order valence-corrected chi connectivity index (χ2v) is 13.8. The first-order chi connectivity index (χ1) is 26.8. The molecule has 0 bridgehead atoms. The fourth-order valence-electron chi connectivity index (χ4n) is 4.83. The van der Waals surface area contributed by atoms with E-state index in [1.165, 1.54) is 41.5 Å². The summed E-state index contributed by atoms with van der Waals surface area (Å²) in [6, 6.07) is -1.93. The van der Waals surface area contributed by atoms with Crippen LogP contribution >= 0.6 is 23.4 Å². The topological polar surface area (TPSA) is 269 Å². The molecular weight excluding hydrogens is 870 g/mol. The molecule has 326 valence electrons.